The third-order valence-electron chi connectivity index (χ3n) is 3.66. The first-order chi connectivity index (χ1) is 9.65. The molecule has 1 unspecified atom stereocenters. The summed E-state index contributed by atoms with van der Waals surface area (Å²) in [6.45, 7) is 2.73. The van der Waals surface area contributed by atoms with E-state index in [1.807, 2.05) is 13.0 Å². The molecule has 0 radical (unpaired) electrons. The lowest BCUT2D eigenvalue weighted by molar-refractivity contribution is -0.120. The van der Waals surface area contributed by atoms with Crippen molar-refractivity contribution < 1.29 is 4.79 Å². The summed E-state index contributed by atoms with van der Waals surface area (Å²) in [4.78, 5) is 16.3. The van der Waals surface area contributed by atoms with Crippen LogP contribution in [0, 0.1) is 5.92 Å². The maximum absolute atomic E-state index is 12.1. The van der Waals surface area contributed by atoms with Gasteiger partial charge >= 0.3 is 0 Å². The van der Waals surface area contributed by atoms with Gasteiger partial charge in [0.15, 0.2) is 0 Å². The van der Waals surface area contributed by atoms with Gasteiger partial charge in [-0.15, -0.1) is 0 Å². The predicted octanol–water partition coefficient (Wildman–Crippen LogP) is 3.91. The standard InChI is InChI=1S/C15H21ClN2OS/c1-11(20-14-8-7-13(16)10-17-14)15(19)18-9-12-5-3-2-4-6-12/h7-8,10-12H,2-6,9H2,1H3,(H,18,19). The molecule has 2 rings (SSSR count). The molecule has 1 aromatic heterocycles. The van der Waals surface area contributed by atoms with Gasteiger partial charge in [0.1, 0.15) is 0 Å². The van der Waals surface area contributed by atoms with Gasteiger partial charge in [0, 0.05) is 12.7 Å². The number of nitrogens with zero attached hydrogens (tertiary/aromatic N) is 1. The molecule has 0 saturated heterocycles. The summed E-state index contributed by atoms with van der Waals surface area (Å²) in [5, 5.41) is 4.38. The van der Waals surface area contributed by atoms with Crippen molar-refractivity contribution in [2.24, 2.45) is 5.92 Å². The maximum Gasteiger partial charge on any atom is 0.233 e. The van der Waals surface area contributed by atoms with E-state index in [0.717, 1.165) is 11.6 Å². The fourth-order valence-electron chi connectivity index (χ4n) is 2.45. The van der Waals surface area contributed by atoms with E-state index in [4.69, 9.17) is 11.6 Å². The van der Waals surface area contributed by atoms with E-state index in [1.54, 1.807) is 12.3 Å². The van der Waals surface area contributed by atoms with Crippen molar-refractivity contribution in [2.75, 3.05) is 6.54 Å². The number of thioether (sulfide) groups is 1. The second-order valence-electron chi connectivity index (χ2n) is 5.32. The minimum Gasteiger partial charge on any atom is -0.355 e. The van der Waals surface area contributed by atoms with E-state index in [1.165, 1.54) is 43.9 Å². The van der Waals surface area contributed by atoms with Crippen molar-refractivity contribution in [3.8, 4) is 0 Å². The van der Waals surface area contributed by atoms with Gasteiger partial charge in [-0.05, 0) is 37.8 Å². The fourth-order valence-corrected chi connectivity index (χ4v) is 3.37. The van der Waals surface area contributed by atoms with Crippen LogP contribution in [-0.4, -0.2) is 22.7 Å². The van der Waals surface area contributed by atoms with Crippen LogP contribution >= 0.6 is 23.4 Å². The van der Waals surface area contributed by atoms with E-state index >= 15 is 0 Å². The maximum atomic E-state index is 12.1. The molecule has 0 aliphatic heterocycles. The lowest BCUT2D eigenvalue weighted by Crippen LogP contribution is -2.35. The van der Waals surface area contributed by atoms with Crippen molar-refractivity contribution in [1.82, 2.24) is 10.3 Å². The summed E-state index contributed by atoms with van der Waals surface area (Å²) in [5.41, 5.74) is 0. The molecule has 1 N–H and O–H groups in total. The largest absolute Gasteiger partial charge is 0.355 e. The predicted molar refractivity (Wildman–Crippen MR) is 84.2 cm³/mol. The molecule has 110 valence electrons. The Kier molecular flexibility index (Phi) is 6.17. The molecular formula is C15H21ClN2OS. The second kappa shape index (κ2) is 7.89. The average molecular weight is 313 g/mol. The molecule has 1 aromatic rings. The summed E-state index contributed by atoms with van der Waals surface area (Å²) in [5.74, 6) is 0.760. The van der Waals surface area contributed by atoms with Crippen LogP contribution in [0.15, 0.2) is 23.4 Å². The van der Waals surface area contributed by atoms with Crippen LogP contribution in [0.5, 0.6) is 0 Å². The summed E-state index contributed by atoms with van der Waals surface area (Å²) in [6.07, 6.45) is 8.07. The molecule has 20 heavy (non-hydrogen) atoms. The number of hydrogen-bond donors (Lipinski definition) is 1. The molecule has 0 spiro atoms. The Morgan fingerprint density at radius 1 is 1.45 bits per heavy atom. The summed E-state index contributed by atoms with van der Waals surface area (Å²) in [6, 6.07) is 3.64. The van der Waals surface area contributed by atoms with Crippen molar-refractivity contribution in [1.29, 1.82) is 0 Å². The van der Waals surface area contributed by atoms with E-state index in [0.29, 0.717) is 10.9 Å². The highest BCUT2D eigenvalue weighted by atomic mass is 35.5. The first-order valence-corrected chi connectivity index (χ1v) is 8.47. The lowest BCUT2D eigenvalue weighted by Gasteiger charge is -2.22. The van der Waals surface area contributed by atoms with Gasteiger partial charge in [-0.3, -0.25) is 4.79 Å². The number of amides is 1. The number of carbonyl (C=O) groups excluding carboxylic acids is 1. The Morgan fingerprint density at radius 2 is 2.20 bits per heavy atom. The zero-order valence-corrected chi connectivity index (χ0v) is 13.3. The number of carbonyl (C=O) groups is 1. The molecule has 1 aliphatic carbocycles. The summed E-state index contributed by atoms with van der Waals surface area (Å²) in [7, 11) is 0. The van der Waals surface area contributed by atoms with E-state index in [2.05, 4.69) is 10.3 Å². The van der Waals surface area contributed by atoms with Crippen LogP contribution < -0.4 is 5.32 Å². The van der Waals surface area contributed by atoms with Crippen molar-refractivity contribution in [3.63, 3.8) is 0 Å². The number of aromatic nitrogens is 1. The fraction of sp³-hybridized carbons (Fsp3) is 0.600. The van der Waals surface area contributed by atoms with Crippen LogP contribution in [0.25, 0.3) is 0 Å². The zero-order chi connectivity index (χ0) is 14.4. The highest BCUT2D eigenvalue weighted by molar-refractivity contribution is 8.00. The molecule has 1 heterocycles. The van der Waals surface area contributed by atoms with Crippen molar-refractivity contribution in [3.05, 3.63) is 23.4 Å². The average Bonchev–Trinajstić information content (AvgIpc) is 2.48. The van der Waals surface area contributed by atoms with Gasteiger partial charge in [0.25, 0.3) is 0 Å². The topological polar surface area (TPSA) is 42.0 Å². The van der Waals surface area contributed by atoms with Crippen LogP contribution in [0.4, 0.5) is 0 Å². The van der Waals surface area contributed by atoms with Gasteiger partial charge in [-0.2, -0.15) is 0 Å². The molecule has 1 saturated carbocycles. The molecule has 5 heteroatoms. The number of halogens is 1. The van der Waals surface area contributed by atoms with Gasteiger partial charge < -0.3 is 5.32 Å². The summed E-state index contributed by atoms with van der Waals surface area (Å²) < 4.78 is 0. The molecular weight excluding hydrogens is 292 g/mol. The van der Waals surface area contributed by atoms with E-state index in [-0.39, 0.29) is 11.2 Å². The van der Waals surface area contributed by atoms with E-state index < -0.39 is 0 Å². The zero-order valence-electron chi connectivity index (χ0n) is 11.8. The summed E-state index contributed by atoms with van der Waals surface area (Å²) >= 11 is 7.26. The number of hydrogen-bond acceptors (Lipinski definition) is 3. The van der Waals surface area contributed by atoms with Crippen LogP contribution in [0.3, 0.4) is 0 Å². The first-order valence-electron chi connectivity index (χ1n) is 7.21. The van der Waals surface area contributed by atoms with Gasteiger partial charge in [0.2, 0.25) is 5.91 Å². The van der Waals surface area contributed by atoms with Gasteiger partial charge in [0.05, 0.1) is 15.3 Å². The quantitative estimate of drug-likeness (QED) is 0.838. The Bertz CT molecular complexity index is 432. The van der Waals surface area contributed by atoms with Crippen LogP contribution in [-0.2, 0) is 4.79 Å². The monoisotopic (exact) mass is 312 g/mol. The molecule has 0 bridgehead atoms. The first kappa shape index (κ1) is 15.6. The van der Waals surface area contributed by atoms with E-state index in [9.17, 15) is 4.79 Å². The minimum absolute atomic E-state index is 0.0947. The molecule has 1 aliphatic rings. The third kappa shape index (κ3) is 4.98. The Hall–Kier alpha value is -0.740. The van der Waals surface area contributed by atoms with Crippen LogP contribution in [0.1, 0.15) is 39.0 Å². The minimum atomic E-state index is -0.132. The molecule has 1 atom stereocenters. The second-order valence-corrected chi connectivity index (χ2v) is 7.12. The van der Waals surface area contributed by atoms with Crippen molar-refractivity contribution >= 4 is 29.3 Å². The molecule has 3 nitrogen and oxygen atoms in total. The SMILES string of the molecule is CC(Sc1ccc(Cl)cn1)C(=O)NCC1CCCCC1. The Balaban J connectivity index is 1.75. The lowest BCUT2D eigenvalue weighted by atomic mass is 9.89. The highest BCUT2D eigenvalue weighted by Gasteiger charge is 2.18. The number of nitrogens with one attached hydrogen (secondary N) is 1. The Labute approximate surface area is 129 Å². The molecule has 0 aromatic carbocycles. The van der Waals surface area contributed by atoms with Gasteiger partial charge in [-0.25, -0.2) is 4.98 Å². The highest BCUT2D eigenvalue weighted by Crippen LogP contribution is 2.24. The van der Waals surface area contributed by atoms with Crippen LogP contribution in [0.2, 0.25) is 5.02 Å². The van der Waals surface area contributed by atoms with Crippen molar-refractivity contribution in [2.45, 2.75) is 49.3 Å². The van der Waals surface area contributed by atoms with Gasteiger partial charge in [-0.1, -0.05) is 42.6 Å². The number of rotatable bonds is 5. The molecule has 1 fully saturated rings. The normalized spacial score (nSPS) is 17.7. The number of pyridine rings is 1. The Morgan fingerprint density at radius 3 is 2.85 bits per heavy atom. The molecule has 1 amide bonds. The smallest absolute Gasteiger partial charge is 0.233 e. The third-order valence-corrected chi connectivity index (χ3v) is 4.93.